The van der Waals surface area contributed by atoms with Crippen molar-refractivity contribution in [3.63, 3.8) is 0 Å². The van der Waals surface area contributed by atoms with E-state index in [0.717, 1.165) is 11.4 Å². The fraction of sp³-hybridized carbons (Fsp3) is 0.462. The van der Waals surface area contributed by atoms with E-state index < -0.39 is 11.9 Å². The highest BCUT2D eigenvalue weighted by molar-refractivity contribution is 6.08. The van der Waals surface area contributed by atoms with Crippen molar-refractivity contribution < 1.29 is 14.3 Å². The Bertz CT molecular complexity index is 420. The summed E-state index contributed by atoms with van der Waals surface area (Å²) >= 11 is 0. The summed E-state index contributed by atoms with van der Waals surface area (Å²) in [5, 5.41) is 0. The molecule has 0 aromatic carbocycles. The quantitative estimate of drug-likeness (QED) is 0.455. The molecule has 0 N–H and O–H groups in total. The summed E-state index contributed by atoms with van der Waals surface area (Å²) in [7, 11) is 1.29. The summed E-state index contributed by atoms with van der Waals surface area (Å²) in [5.74, 6) is -1.40. The molecule has 1 heterocycles. The summed E-state index contributed by atoms with van der Waals surface area (Å²) in [4.78, 5) is 27.8. The van der Waals surface area contributed by atoms with E-state index in [-0.39, 0.29) is 5.78 Å². The molecule has 1 unspecified atom stereocenters. The predicted octanol–water partition coefficient (Wildman–Crippen LogP) is 2.08. The van der Waals surface area contributed by atoms with Crippen molar-refractivity contribution in [1.82, 2.24) is 4.98 Å². The van der Waals surface area contributed by atoms with Gasteiger partial charge in [0.1, 0.15) is 5.92 Å². The highest BCUT2D eigenvalue weighted by atomic mass is 16.5. The van der Waals surface area contributed by atoms with E-state index in [1.54, 1.807) is 19.1 Å². The lowest BCUT2D eigenvalue weighted by molar-refractivity contribution is -0.143. The zero-order valence-corrected chi connectivity index (χ0v) is 10.6. The molecule has 4 nitrogen and oxygen atoms in total. The largest absolute Gasteiger partial charge is 0.468 e. The molecule has 0 spiro atoms. The Morgan fingerprint density at radius 1 is 1.29 bits per heavy atom. The molecule has 17 heavy (non-hydrogen) atoms. The number of hydrogen-bond acceptors (Lipinski definition) is 4. The SMILES string of the molecule is CCC(C(=O)OC)C(=O)c1cc(C)nc(C)c1. The smallest absolute Gasteiger partial charge is 0.316 e. The van der Waals surface area contributed by atoms with Crippen LogP contribution in [0.4, 0.5) is 0 Å². The van der Waals surface area contributed by atoms with Gasteiger partial charge in [0.15, 0.2) is 5.78 Å². The van der Waals surface area contributed by atoms with Crippen LogP contribution in [0, 0.1) is 19.8 Å². The molecular weight excluding hydrogens is 218 g/mol. The first kappa shape index (κ1) is 13.4. The summed E-state index contributed by atoms with van der Waals surface area (Å²) in [6.45, 7) is 5.44. The highest BCUT2D eigenvalue weighted by Crippen LogP contribution is 2.15. The summed E-state index contributed by atoms with van der Waals surface area (Å²) in [6, 6.07) is 3.39. The number of methoxy groups -OCH3 is 1. The first-order valence-corrected chi connectivity index (χ1v) is 5.57. The molecule has 0 radical (unpaired) electrons. The molecule has 1 aromatic rings. The van der Waals surface area contributed by atoms with Crippen molar-refractivity contribution in [2.24, 2.45) is 5.92 Å². The minimum Gasteiger partial charge on any atom is -0.468 e. The van der Waals surface area contributed by atoms with Crippen LogP contribution in [0.2, 0.25) is 0 Å². The molecule has 0 aliphatic carbocycles. The molecule has 0 fully saturated rings. The Morgan fingerprint density at radius 2 is 1.82 bits per heavy atom. The minimum atomic E-state index is -0.721. The van der Waals surface area contributed by atoms with Crippen molar-refractivity contribution in [1.29, 1.82) is 0 Å². The molecule has 92 valence electrons. The molecule has 1 rings (SSSR count). The average molecular weight is 235 g/mol. The Hall–Kier alpha value is -1.71. The highest BCUT2D eigenvalue weighted by Gasteiger charge is 2.26. The maximum atomic E-state index is 12.2. The molecule has 0 aliphatic heterocycles. The van der Waals surface area contributed by atoms with Gasteiger partial charge in [-0.25, -0.2) is 0 Å². The number of ketones is 1. The van der Waals surface area contributed by atoms with Crippen LogP contribution in [0.3, 0.4) is 0 Å². The number of nitrogens with zero attached hydrogens (tertiary/aromatic N) is 1. The van der Waals surface area contributed by atoms with Crippen LogP contribution in [0.15, 0.2) is 12.1 Å². The van der Waals surface area contributed by atoms with Gasteiger partial charge in [-0.3, -0.25) is 14.6 Å². The van der Waals surface area contributed by atoms with Gasteiger partial charge in [0.25, 0.3) is 0 Å². The molecule has 0 aliphatic rings. The third kappa shape index (κ3) is 3.12. The Balaban J connectivity index is 3.05. The fourth-order valence-electron chi connectivity index (χ4n) is 1.78. The van der Waals surface area contributed by atoms with Crippen molar-refractivity contribution >= 4 is 11.8 Å². The van der Waals surface area contributed by atoms with Crippen molar-refractivity contribution in [2.75, 3.05) is 7.11 Å². The van der Waals surface area contributed by atoms with E-state index in [1.807, 2.05) is 13.8 Å². The lowest BCUT2D eigenvalue weighted by Gasteiger charge is -2.11. The maximum absolute atomic E-state index is 12.2. The minimum absolute atomic E-state index is 0.201. The van der Waals surface area contributed by atoms with Crippen LogP contribution in [0.5, 0.6) is 0 Å². The normalized spacial score (nSPS) is 12.0. The number of rotatable bonds is 4. The van der Waals surface area contributed by atoms with E-state index in [1.165, 1.54) is 7.11 Å². The zero-order chi connectivity index (χ0) is 13.0. The molecular formula is C13H17NO3. The van der Waals surface area contributed by atoms with E-state index >= 15 is 0 Å². The Morgan fingerprint density at radius 3 is 2.24 bits per heavy atom. The molecule has 0 saturated heterocycles. The summed E-state index contributed by atoms with van der Waals surface area (Å²) in [5.41, 5.74) is 2.06. The van der Waals surface area contributed by atoms with E-state index in [0.29, 0.717) is 12.0 Å². The number of ether oxygens (including phenoxy) is 1. The second-order valence-electron chi connectivity index (χ2n) is 3.99. The Labute approximate surface area is 101 Å². The van der Waals surface area contributed by atoms with E-state index in [9.17, 15) is 9.59 Å². The molecule has 0 amide bonds. The number of pyridine rings is 1. The zero-order valence-electron chi connectivity index (χ0n) is 10.6. The standard InChI is InChI=1S/C13H17NO3/c1-5-11(13(16)17-4)12(15)10-6-8(2)14-9(3)7-10/h6-7,11H,5H2,1-4H3. The summed E-state index contributed by atoms with van der Waals surface area (Å²) in [6.07, 6.45) is 0.436. The lowest BCUT2D eigenvalue weighted by atomic mass is 9.95. The third-order valence-electron chi connectivity index (χ3n) is 2.58. The van der Waals surface area contributed by atoms with Gasteiger partial charge in [0.05, 0.1) is 7.11 Å². The summed E-state index contributed by atoms with van der Waals surface area (Å²) < 4.78 is 4.63. The van der Waals surface area contributed by atoms with Gasteiger partial charge in [0, 0.05) is 17.0 Å². The van der Waals surface area contributed by atoms with Gasteiger partial charge in [0.2, 0.25) is 0 Å². The van der Waals surface area contributed by atoms with Crippen LogP contribution < -0.4 is 0 Å². The van der Waals surface area contributed by atoms with Crippen molar-refractivity contribution in [2.45, 2.75) is 27.2 Å². The van der Waals surface area contributed by atoms with Gasteiger partial charge in [-0.2, -0.15) is 0 Å². The molecule has 1 atom stereocenters. The lowest BCUT2D eigenvalue weighted by Crippen LogP contribution is -2.25. The topological polar surface area (TPSA) is 56.3 Å². The van der Waals surface area contributed by atoms with Crippen LogP contribution >= 0.6 is 0 Å². The molecule has 4 heteroatoms. The monoisotopic (exact) mass is 235 g/mol. The van der Waals surface area contributed by atoms with Gasteiger partial charge in [-0.15, -0.1) is 0 Å². The van der Waals surface area contributed by atoms with Crippen LogP contribution in [0.1, 0.15) is 35.1 Å². The van der Waals surface area contributed by atoms with Gasteiger partial charge >= 0.3 is 5.97 Å². The van der Waals surface area contributed by atoms with Gasteiger partial charge in [-0.05, 0) is 32.4 Å². The number of carbonyl (C=O) groups excluding carboxylic acids is 2. The number of aryl methyl sites for hydroxylation is 2. The van der Waals surface area contributed by atoms with Crippen LogP contribution in [-0.4, -0.2) is 23.8 Å². The maximum Gasteiger partial charge on any atom is 0.316 e. The second kappa shape index (κ2) is 5.57. The van der Waals surface area contributed by atoms with Crippen molar-refractivity contribution in [3.05, 3.63) is 29.1 Å². The number of esters is 1. The molecule has 0 bridgehead atoms. The first-order valence-electron chi connectivity index (χ1n) is 5.57. The average Bonchev–Trinajstić information content (AvgIpc) is 2.28. The number of hydrogen-bond donors (Lipinski definition) is 0. The number of Topliss-reactive ketones (excluding diaryl/α,β-unsaturated/α-hetero) is 1. The van der Waals surface area contributed by atoms with E-state index in [4.69, 9.17) is 0 Å². The van der Waals surface area contributed by atoms with Crippen molar-refractivity contribution in [3.8, 4) is 0 Å². The third-order valence-corrected chi connectivity index (χ3v) is 2.58. The molecule has 0 saturated carbocycles. The van der Waals surface area contributed by atoms with E-state index in [2.05, 4.69) is 9.72 Å². The predicted molar refractivity (Wildman–Crippen MR) is 63.8 cm³/mol. The Kier molecular flexibility index (Phi) is 4.37. The number of carbonyl (C=O) groups is 2. The fourth-order valence-corrected chi connectivity index (χ4v) is 1.78. The molecule has 1 aromatic heterocycles. The van der Waals surface area contributed by atoms with Crippen LogP contribution in [-0.2, 0) is 9.53 Å². The first-order chi connectivity index (χ1) is 7.99. The van der Waals surface area contributed by atoms with Gasteiger partial charge in [-0.1, -0.05) is 6.92 Å². The second-order valence-corrected chi connectivity index (χ2v) is 3.99. The van der Waals surface area contributed by atoms with Gasteiger partial charge < -0.3 is 4.74 Å². The van der Waals surface area contributed by atoms with Crippen LogP contribution in [0.25, 0.3) is 0 Å². The number of aromatic nitrogens is 1.